The summed E-state index contributed by atoms with van der Waals surface area (Å²) in [6, 6.07) is 0. The first-order valence-corrected chi connectivity index (χ1v) is 4.57. The van der Waals surface area contributed by atoms with Crippen molar-refractivity contribution < 1.29 is 4.84 Å². The first-order valence-electron chi connectivity index (χ1n) is 4.57. The maximum atomic E-state index is 5.55. The molecule has 1 spiro atoms. The molecular formula is C8H16N2O. The Labute approximate surface area is 67.4 Å². The summed E-state index contributed by atoms with van der Waals surface area (Å²) in [4.78, 5) is 5.55. The molecule has 1 heterocycles. The van der Waals surface area contributed by atoms with E-state index in [1.54, 1.807) is 0 Å². The first kappa shape index (κ1) is 7.53. The molecule has 1 aliphatic carbocycles. The third-order valence-electron chi connectivity index (χ3n) is 2.81. The second-order valence-electron chi connectivity index (χ2n) is 3.62. The van der Waals surface area contributed by atoms with Gasteiger partial charge in [-0.25, -0.2) is 5.43 Å². The van der Waals surface area contributed by atoms with Crippen LogP contribution in [0.3, 0.4) is 0 Å². The summed E-state index contributed by atoms with van der Waals surface area (Å²) >= 11 is 0. The Morgan fingerprint density at radius 2 is 1.82 bits per heavy atom. The topological polar surface area (TPSA) is 33.3 Å². The SMILES string of the molecule is C1CCC2(CC1)CCNNO2. The largest absolute Gasteiger partial charge is 0.280 e. The lowest BCUT2D eigenvalue weighted by Crippen LogP contribution is -2.52. The van der Waals surface area contributed by atoms with Crippen LogP contribution in [0, 0.1) is 0 Å². The van der Waals surface area contributed by atoms with Crippen LogP contribution in [0.4, 0.5) is 0 Å². The van der Waals surface area contributed by atoms with Gasteiger partial charge in [-0.1, -0.05) is 19.3 Å². The Morgan fingerprint density at radius 1 is 1.00 bits per heavy atom. The van der Waals surface area contributed by atoms with Crippen LogP contribution in [-0.2, 0) is 4.84 Å². The Hall–Kier alpha value is -0.120. The van der Waals surface area contributed by atoms with Gasteiger partial charge in [0.1, 0.15) is 0 Å². The van der Waals surface area contributed by atoms with Crippen molar-refractivity contribution in [2.75, 3.05) is 6.54 Å². The summed E-state index contributed by atoms with van der Waals surface area (Å²) in [5.41, 5.74) is 5.96. The van der Waals surface area contributed by atoms with Crippen molar-refractivity contribution in [2.45, 2.75) is 44.1 Å². The summed E-state index contributed by atoms with van der Waals surface area (Å²) in [6.45, 7) is 1.04. The van der Waals surface area contributed by atoms with Crippen molar-refractivity contribution in [1.82, 2.24) is 11.0 Å². The highest BCUT2D eigenvalue weighted by molar-refractivity contribution is 4.85. The van der Waals surface area contributed by atoms with E-state index in [-0.39, 0.29) is 5.60 Å². The molecule has 0 aromatic heterocycles. The van der Waals surface area contributed by atoms with Gasteiger partial charge in [-0.3, -0.25) is 4.84 Å². The van der Waals surface area contributed by atoms with Crippen molar-refractivity contribution in [3.63, 3.8) is 0 Å². The van der Waals surface area contributed by atoms with Crippen molar-refractivity contribution in [2.24, 2.45) is 0 Å². The fourth-order valence-electron chi connectivity index (χ4n) is 2.08. The average molecular weight is 156 g/mol. The second-order valence-corrected chi connectivity index (χ2v) is 3.62. The van der Waals surface area contributed by atoms with Crippen LogP contribution in [-0.4, -0.2) is 12.1 Å². The Bertz CT molecular complexity index is 107. The molecular weight excluding hydrogens is 140 g/mol. The summed E-state index contributed by atoms with van der Waals surface area (Å²) in [5.74, 6) is 0. The van der Waals surface area contributed by atoms with E-state index in [1.807, 2.05) is 0 Å². The molecule has 0 radical (unpaired) electrons. The number of rotatable bonds is 0. The van der Waals surface area contributed by atoms with E-state index in [2.05, 4.69) is 11.0 Å². The Balaban J connectivity index is 1.94. The predicted molar refractivity (Wildman–Crippen MR) is 42.7 cm³/mol. The van der Waals surface area contributed by atoms with Crippen LogP contribution in [0.15, 0.2) is 0 Å². The third kappa shape index (κ3) is 1.55. The molecule has 0 bridgehead atoms. The molecule has 64 valence electrons. The van der Waals surface area contributed by atoms with Crippen LogP contribution in [0.1, 0.15) is 38.5 Å². The molecule has 1 saturated carbocycles. The fraction of sp³-hybridized carbons (Fsp3) is 1.00. The summed E-state index contributed by atoms with van der Waals surface area (Å²) in [6.07, 6.45) is 7.70. The minimum atomic E-state index is 0.184. The lowest BCUT2D eigenvalue weighted by molar-refractivity contribution is -0.169. The summed E-state index contributed by atoms with van der Waals surface area (Å²) in [7, 11) is 0. The Morgan fingerprint density at radius 3 is 2.45 bits per heavy atom. The molecule has 2 aliphatic rings. The highest BCUT2D eigenvalue weighted by Crippen LogP contribution is 2.34. The molecule has 1 saturated heterocycles. The molecule has 2 fully saturated rings. The maximum Gasteiger partial charge on any atom is 0.0925 e. The molecule has 11 heavy (non-hydrogen) atoms. The van der Waals surface area contributed by atoms with Crippen molar-refractivity contribution in [3.8, 4) is 0 Å². The van der Waals surface area contributed by atoms with Crippen molar-refractivity contribution >= 4 is 0 Å². The maximum absolute atomic E-state index is 5.55. The fourth-order valence-corrected chi connectivity index (χ4v) is 2.08. The number of hydrogen-bond donors (Lipinski definition) is 2. The number of hydrazine groups is 1. The predicted octanol–water partition coefficient (Wildman–Crippen LogP) is 1.12. The lowest BCUT2D eigenvalue weighted by atomic mass is 9.82. The van der Waals surface area contributed by atoms with Gasteiger partial charge in [0, 0.05) is 6.54 Å². The van der Waals surface area contributed by atoms with Crippen LogP contribution in [0.5, 0.6) is 0 Å². The van der Waals surface area contributed by atoms with E-state index >= 15 is 0 Å². The van der Waals surface area contributed by atoms with Gasteiger partial charge >= 0.3 is 0 Å². The van der Waals surface area contributed by atoms with Gasteiger partial charge in [0.15, 0.2) is 0 Å². The minimum Gasteiger partial charge on any atom is -0.280 e. The van der Waals surface area contributed by atoms with Crippen molar-refractivity contribution in [1.29, 1.82) is 0 Å². The van der Waals surface area contributed by atoms with Crippen LogP contribution in [0.2, 0.25) is 0 Å². The minimum absolute atomic E-state index is 0.184. The average Bonchev–Trinajstić information content (AvgIpc) is 2.07. The van der Waals surface area contributed by atoms with E-state index in [0.717, 1.165) is 6.54 Å². The van der Waals surface area contributed by atoms with Gasteiger partial charge in [0.05, 0.1) is 5.60 Å². The highest BCUT2D eigenvalue weighted by atomic mass is 16.7. The van der Waals surface area contributed by atoms with E-state index in [4.69, 9.17) is 4.84 Å². The molecule has 0 aromatic rings. The first-order chi connectivity index (χ1) is 5.41. The zero-order chi connectivity index (χ0) is 7.57. The lowest BCUT2D eigenvalue weighted by Gasteiger charge is -2.39. The van der Waals surface area contributed by atoms with Gasteiger partial charge in [0.2, 0.25) is 0 Å². The van der Waals surface area contributed by atoms with E-state index < -0.39 is 0 Å². The van der Waals surface area contributed by atoms with Crippen LogP contribution in [0.25, 0.3) is 0 Å². The molecule has 0 atom stereocenters. The molecule has 0 aromatic carbocycles. The second kappa shape index (κ2) is 3.09. The van der Waals surface area contributed by atoms with Gasteiger partial charge in [0.25, 0.3) is 0 Å². The molecule has 3 nitrogen and oxygen atoms in total. The third-order valence-corrected chi connectivity index (χ3v) is 2.81. The highest BCUT2D eigenvalue weighted by Gasteiger charge is 2.34. The van der Waals surface area contributed by atoms with Gasteiger partial charge in [-0.15, -0.1) is 5.59 Å². The smallest absolute Gasteiger partial charge is 0.0925 e. The van der Waals surface area contributed by atoms with Crippen LogP contribution >= 0.6 is 0 Å². The van der Waals surface area contributed by atoms with Gasteiger partial charge in [-0.2, -0.15) is 0 Å². The quantitative estimate of drug-likeness (QED) is 0.551. The van der Waals surface area contributed by atoms with E-state index in [9.17, 15) is 0 Å². The summed E-state index contributed by atoms with van der Waals surface area (Å²) < 4.78 is 0. The number of hydrogen-bond acceptors (Lipinski definition) is 3. The summed E-state index contributed by atoms with van der Waals surface area (Å²) in [5, 5.41) is 0. The van der Waals surface area contributed by atoms with E-state index in [1.165, 1.54) is 38.5 Å². The zero-order valence-corrected chi connectivity index (χ0v) is 6.86. The molecule has 0 unspecified atom stereocenters. The van der Waals surface area contributed by atoms with Crippen LogP contribution < -0.4 is 11.0 Å². The number of nitrogens with one attached hydrogen (secondary N) is 2. The normalized spacial score (nSPS) is 30.5. The zero-order valence-electron chi connectivity index (χ0n) is 6.86. The Kier molecular flexibility index (Phi) is 2.11. The van der Waals surface area contributed by atoms with Crippen molar-refractivity contribution in [3.05, 3.63) is 0 Å². The molecule has 2 rings (SSSR count). The molecule has 1 aliphatic heterocycles. The standard InChI is InChI=1S/C8H16N2O/c1-2-4-8(5-3-1)6-7-9-10-11-8/h9-10H,1-7H2. The van der Waals surface area contributed by atoms with Gasteiger partial charge < -0.3 is 0 Å². The monoisotopic (exact) mass is 156 g/mol. The molecule has 2 N–H and O–H groups in total. The molecule has 3 heteroatoms. The van der Waals surface area contributed by atoms with E-state index in [0.29, 0.717) is 0 Å². The molecule has 0 amide bonds. The van der Waals surface area contributed by atoms with Gasteiger partial charge in [-0.05, 0) is 19.3 Å².